The molecular weight excluding hydrogens is 451 g/mol. The van der Waals surface area contributed by atoms with Gasteiger partial charge < -0.3 is 10.1 Å². The molecule has 2 aromatic rings. The average Bonchev–Trinajstić information content (AvgIpc) is 3.14. The molecule has 0 aliphatic carbocycles. The summed E-state index contributed by atoms with van der Waals surface area (Å²) in [7, 11) is -3.55. The lowest BCUT2D eigenvalue weighted by molar-refractivity contribution is -0.143. The minimum absolute atomic E-state index is 0.0157. The molecule has 0 aliphatic heterocycles. The molecule has 1 N–H and O–H groups in total. The van der Waals surface area contributed by atoms with Gasteiger partial charge in [-0.25, -0.2) is 17.9 Å². The maximum atomic E-state index is 13.6. The molecule has 8 nitrogen and oxygen atoms in total. The Hall–Kier alpha value is -2.89. The van der Waals surface area contributed by atoms with Crippen LogP contribution in [0.25, 0.3) is 5.69 Å². The van der Waals surface area contributed by atoms with Crippen molar-refractivity contribution in [3.8, 4) is 5.69 Å². The van der Waals surface area contributed by atoms with Crippen molar-refractivity contribution >= 4 is 27.4 Å². The number of benzene rings is 1. The molecule has 0 atom stereocenters. The molecule has 0 saturated heterocycles. The summed E-state index contributed by atoms with van der Waals surface area (Å²) >= 11 is 0. The minimum Gasteiger partial charge on any atom is -0.462 e. The van der Waals surface area contributed by atoms with E-state index in [4.69, 9.17) is 0 Å². The van der Waals surface area contributed by atoms with Gasteiger partial charge in [0.05, 0.1) is 24.2 Å². The van der Waals surface area contributed by atoms with Crippen LogP contribution < -0.4 is 5.32 Å². The number of rotatable bonds is 10. The lowest BCUT2D eigenvalue weighted by Gasteiger charge is -2.13. The van der Waals surface area contributed by atoms with Crippen molar-refractivity contribution in [2.75, 3.05) is 23.4 Å². The van der Waals surface area contributed by atoms with Crippen LogP contribution in [0.15, 0.2) is 30.5 Å². The molecule has 0 saturated carbocycles. The predicted molar refractivity (Wildman–Crippen MR) is 111 cm³/mol. The molecule has 1 aromatic heterocycles. The van der Waals surface area contributed by atoms with Crippen LogP contribution in [-0.2, 0) is 25.5 Å². The Labute approximate surface area is 183 Å². The summed E-state index contributed by atoms with van der Waals surface area (Å²) in [6, 6.07) is 5.12. The van der Waals surface area contributed by atoms with Crippen LogP contribution in [0.3, 0.4) is 0 Å². The van der Waals surface area contributed by atoms with Crippen molar-refractivity contribution in [3.63, 3.8) is 0 Å². The van der Waals surface area contributed by atoms with Crippen molar-refractivity contribution in [1.29, 1.82) is 0 Å². The number of unbranched alkanes of at least 4 members (excludes halogenated alkanes) is 2. The highest BCUT2D eigenvalue weighted by molar-refractivity contribution is 7.92. The van der Waals surface area contributed by atoms with E-state index in [0.29, 0.717) is 11.1 Å². The second-order valence-electron chi connectivity index (χ2n) is 6.93. The first-order valence-electron chi connectivity index (χ1n) is 9.91. The van der Waals surface area contributed by atoms with Crippen LogP contribution in [0.2, 0.25) is 0 Å². The highest BCUT2D eigenvalue weighted by Gasteiger charge is 2.41. The summed E-state index contributed by atoms with van der Waals surface area (Å²) in [4.78, 5) is 23.9. The highest BCUT2D eigenvalue weighted by atomic mass is 32.2. The first-order valence-corrected chi connectivity index (χ1v) is 11.7. The Kier molecular flexibility index (Phi) is 8.42. The number of anilines is 1. The summed E-state index contributed by atoms with van der Waals surface area (Å²) in [5.41, 5.74) is -1.82. The molecule has 0 aliphatic rings. The fraction of sp³-hybridized carbons (Fsp3) is 0.450. The van der Waals surface area contributed by atoms with Crippen LogP contribution in [0.5, 0.6) is 0 Å². The average molecular weight is 475 g/mol. The third-order valence-electron chi connectivity index (χ3n) is 4.34. The molecule has 0 unspecified atom stereocenters. The van der Waals surface area contributed by atoms with E-state index in [-0.39, 0.29) is 23.7 Å². The summed E-state index contributed by atoms with van der Waals surface area (Å²) < 4.78 is 69.8. The summed E-state index contributed by atoms with van der Waals surface area (Å²) in [6.45, 7) is 3.31. The van der Waals surface area contributed by atoms with E-state index >= 15 is 0 Å². The Balaban J connectivity index is 2.18. The molecular formula is C20H24F3N3O5S. The fourth-order valence-electron chi connectivity index (χ4n) is 2.90. The van der Waals surface area contributed by atoms with Crippen molar-refractivity contribution < 1.29 is 35.9 Å². The van der Waals surface area contributed by atoms with Gasteiger partial charge in [0.25, 0.3) is 0 Å². The Morgan fingerprint density at radius 2 is 1.78 bits per heavy atom. The number of halogens is 3. The Bertz CT molecular complexity index is 1050. The molecule has 2 rings (SSSR count). The number of nitrogens with zero attached hydrogens (tertiary/aromatic N) is 2. The summed E-state index contributed by atoms with van der Waals surface area (Å²) in [6.07, 6.45) is -2.04. The zero-order chi connectivity index (χ0) is 23.9. The third-order valence-corrected chi connectivity index (χ3v) is 5.95. The highest BCUT2D eigenvalue weighted by Crippen LogP contribution is 2.34. The van der Waals surface area contributed by atoms with Crippen LogP contribution in [0, 0.1) is 0 Å². The third kappa shape index (κ3) is 6.81. The number of amides is 1. The second kappa shape index (κ2) is 10.6. The Morgan fingerprint density at radius 3 is 2.34 bits per heavy atom. The normalized spacial score (nSPS) is 11.9. The van der Waals surface area contributed by atoms with Crippen molar-refractivity contribution in [1.82, 2.24) is 9.78 Å². The van der Waals surface area contributed by atoms with E-state index in [1.54, 1.807) is 0 Å². The number of aromatic nitrogens is 2. The molecule has 1 aromatic carbocycles. The van der Waals surface area contributed by atoms with Gasteiger partial charge in [0.2, 0.25) is 5.91 Å². The van der Waals surface area contributed by atoms with Crippen LogP contribution in [0.1, 0.15) is 49.2 Å². The lowest BCUT2D eigenvalue weighted by atomic mass is 10.2. The topological polar surface area (TPSA) is 107 Å². The van der Waals surface area contributed by atoms with Gasteiger partial charge in [-0.1, -0.05) is 19.8 Å². The van der Waals surface area contributed by atoms with Crippen molar-refractivity contribution in [2.45, 2.75) is 39.3 Å². The standard InChI is InChI=1S/C20H24F3N3O5S/c1-3-5-6-11-32(29,30)13-17(27)25-14-7-9-15(10-8-14)26-18(20(21,22)23)16(12-24-26)19(28)31-4-2/h7-10,12H,3-6,11,13H2,1-2H3,(H,25,27). The van der Waals surface area contributed by atoms with E-state index in [9.17, 15) is 31.2 Å². The van der Waals surface area contributed by atoms with Gasteiger partial charge in [0.15, 0.2) is 15.5 Å². The molecule has 176 valence electrons. The van der Waals surface area contributed by atoms with Gasteiger partial charge in [0.1, 0.15) is 11.3 Å². The number of ether oxygens (including phenoxy) is 1. The maximum absolute atomic E-state index is 13.6. The fourth-order valence-corrected chi connectivity index (χ4v) is 4.16. The molecule has 32 heavy (non-hydrogen) atoms. The maximum Gasteiger partial charge on any atom is 0.434 e. The number of alkyl halides is 3. The number of nitrogens with one attached hydrogen (secondary N) is 1. The molecule has 0 spiro atoms. The molecule has 0 bridgehead atoms. The summed E-state index contributed by atoms with van der Waals surface area (Å²) in [5, 5.41) is 6.07. The minimum atomic E-state index is -4.88. The first kappa shape index (κ1) is 25.4. The number of hydrogen-bond donors (Lipinski definition) is 1. The molecule has 1 amide bonds. The van der Waals surface area contributed by atoms with Gasteiger partial charge in [-0.3, -0.25) is 4.79 Å². The molecule has 0 fully saturated rings. The molecule has 0 radical (unpaired) electrons. The second-order valence-corrected chi connectivity index (χ2v) is 9.12. The van der Waals surface area contributed by atoms with E-state index in [2.05, 4.69) is 15.2 Å². The van der Waals surface area contributed by atoms with E-state index in [1.165, 1.54) is 31.2 Å². The van der Waals surface area contributed by atoms with E-state index in [1.807, 2.05) is 6.92 Å². The van der Waals surface area contributed by atoms with Gasteiger partial charge in [-0.05, 0) is 37.6 Å². The number of sulfone groups is 1. The Morgan fingerprint density at radius 1 is 1.12 bits per heavy atom. The SMILES string of the molecule is CCCCCS(=O)(=O)CC(=O)Nc1ccc(-n2ncc(C(=O)OCC)c2C(F)(F)F)cc1. The van der Waals surface area contributed by atoms with Crippen LogP contribution >= 0.6 is 0 Å². The zero-order valence-electron chi connectivity index (χ0n) is 17.6. The smallest absolute Gasteiger partial charge is 0.434 e. The molecule has 1 heterocycles. The van der Waals surface area contributed by atoms with Gasteiger partial charge in [-0.2, -0.15) is 18.3 Å². The first-order chi connectivity index (χ1) is 15.0. The lowest BCUT2D eigenvalue weighted by Crippen LogP contribution is -2.24. The van der Waals surface area contributed by atoms with Crippen LogP contribution in [-0.4, -0.2) is 48.2 Å². The number of carbonyl (C=O) groups excluding carboxylic acids is 2. The number of esters is 1. The largest absolute Gasteiger partial charge is 0.462 e. The van der Waals surface area contributed by atoms with Crippen molar-refractivity contribution in [3.05, 3.63) is 41.7 Å². The number of carbonyl (C=O) groups is 2. The van der Waals surface area contributed by atoms with Gasteiger partial charge >= 0.3 is 12.1 Å². The van der Waals surface area contributed by atoms with Gasteiger partial charge in [0, 0.05) is 5.69 Å². The summed E-state index contributed by atoms with van der Waals surface area (Å²) in [5.74, 6) is -2.65. The van der Waals surface area contributed by atoms with E-state index < -0.39 is 44.9 Å². The van der Waals surface area contributed by atoms with Gasteiger partial charge in [-0.15, -0.1) is 0 Å². The quantitative estimate of drug-likeness (QED) is 0.416. The monoisotopic (exact) mass is 475 g/mol. The molecule has 12 heteroatoms. The van der Waals surface area contributed by atoms with E-state index in [0.717, 1.165) is 19.0 Å². The van der Waals surface area contributed by atoms with Crippen molar-refractivity contribution in [2.24, 2.45) is 0 Å². The predicted octanol–water partition coefficient (Wildman–Crippen LogP) is 3.61. The zero-order valence-corrected chi connectivity index (χ0v) is 18.4. The van der Waals surface area contributed by atoms with Crippen LogP contribution in [0.4, 0.5) is 18.9 Å². The number of hydrogen-bond acceptors (Lipinski definition) is 6.